The average molecular weight is 393 g/mol. The molecule has 0 amide bonds. The second-order valence-electron chi connectivity index (χ2n) is 6.00. The largest absolute Gasteiger partial charge is 0.496 e. The Morgan fingerprint density at radius 2 is 2.18 bits per heavy atom. The van der Waals surface area contributed by atoms with Crippen LogP contribution in [0.3, 0.4) is 0 Å². The number of aromatic nitrogens is 3. The van der Waals surface area contributed by atoms with Crippen molar-refractivity contribution in [3.05, 3.63) is 59.6 Å². The number of thiophene rings is 1. The molecule has 28 heavy (non-hydrogen) atoms. The number of benzene rings is 1. The van der Waals surface area contributed by atoms with Gasteiger partial charge in [0.15, 0.2) is 0 Å². The van der Waals surface area contributed by atoms with Crippen molar-refractivity contribution in [1.29, 1.82) is 5.26 Å². The lowest BCUT2D eigenvalue weighted by atomic mass is 10.2. The highest BCUT2D eigenvalue weighted by Gasteiger charge is 2.16. The molecule has 4 rings (SSSR count). The van der Waals surface area contributed by atoms with E-state index < -0.39 is 0 Å². The topological polar surface area (TPSA) is 75.8 Å². The van der Waals surface area contributed by atoms with Gasteiger partial charge in [0, 0.05) is 24.5 Å². The molecule has 0 saturated heterocycles. The van der Waals surface area contributed by atoms with Crippen LogP contribution in [0.25, 0.3) is 21.5 Å². The van der Waals surface area contributed by atoms with Crippen molar-refractivity contribution < 1.29 is 9.13 Å². The Morgan fingerprint density at radius 1 is 1.29 bits per heavy atom. The standard InChI is InChI=1S/C20H16FN5OS/c1-27-17-5-4-15(21)20-14(17)9-13(11-22)26(20)7-6-23-19-10-16(24-12-25-19)18-3-2-8-28-18/h2-5,8-10,12H,6-7H2,1H3,(H,23,24,25). The Labute approximate surface area is 164 Å². The Hall–Kier alpha value is -3.44. The van der Waals surface area contributed by atoms with E-state index in [9.17, 15) is 9.65 Å². The maximum absolute atomic E-state index is 14.4. The summed E-state index contributed by atoms with van der Waals surface area (Å²) in [6.45, 7) is 0.866. The lowest BCUT2D eigenvalue weighted by molar-refractivity contribution is 0.419. The van der Waals surface area contributed by atoms with E-state index in [-0.39, 0.29) is 5.82 Å². The fourth-order valence-corrected chi connectivity index (χ4v) is 3.82. The first-order valence-corrected chi connectivity index (χ1v) is 9.45. The van der Waals surface area contributed by atoms with Gasteiger partial charge in [-0.15, -0.1) is 11.3 Å². The monoisotopic (exact) mass is 393 g/mol. The zero-order chi connectivity index (χ0) is 19.5. The first-order chi connectivity index (χ1) is 13.7. The maximum atomic E-state index is 14.4. The molecule has 6 nitrogen and oxygen atoms in total. The first-order valence-electron chi connectivity index (χ1n) is 8.57. The highest BCUT2D eigenvalue weighted by molar-refractivity contribution is 7.13. The summed E-state index contributed by atoms with van der Waals surface area (Å²) < 4.78 is 21.4. The van der Waals surface area contributed by atoms with Gasteiger partial charge in [0.25, 0.3) is 0 Å². The average Bonchev–Trinajstić information content (AvgIpc) is 3.37. The number of halogens is 1. The molecule has 0 fully saturated rings. The Morgan fingerprint density at radius 3 is 2.93 bits per heavy atom. The number of nitriles is 1. The molecule has 8 heteroatoms. The molecule has 0 atom stereocenters. The Kier molecular flexibility index (Phi) is 4.91. The summed E-state index contributed by atoms with van der Waals surface area (Å²) in [4.78, 5) is 9.58. The van der Waals surface area contributed by atoms with Crippen molar-refractivity contribution in [2.75, 3.05) is 19.0 Å². The van der Waals surface area contributed by atoms with Gasteiger partial charge < -0.3 is 14.6 Å². The highest BCUT2D eigenvalue weighted by Crippen LogP contribution is 2.31. The van der Waals surface area contributed by atoms with Gasteiger partial charge in [0.1, 0.15) is 35.5 Å². The maximum Gasteiger partial charge on any atom is 0.147 e. The molecular formula is C20H16FN5OS. The number of anilines is 1. The van der Waals surface area contributed by atoms with E-state index in [1.165, 1.54) is 19.5 Å². The minimum absolute atomic E-state index is 0.361. The third-order valence-electron chi connectivity index (χ3n) is 4.39. The van der Waals surface area contributed by atoms with Gasteiger partial charge in [0.2, 0.25) is 0 Å². The van der Waals surface area contributed by atoms with Crippen molar-refractivity contribution >= 4 is 28.1 Å². The van der Waals surface area contributed by atoms with Crippen LogP contribution >= 0.6 is 11.3 Å². The molecule has 0 aliphatic rings. The van der Waals surface area contributed by atoms with E-state index in [4.69, 9.17) is 4.74 Å². The molecule has 0 spiro atoms. The van der Waals surface area contributed by atoms with Gasteiger partial charge in [-0.1, -0.05) is 6.07 Å². The van der Waals surface area contributed by atoms with Crippen LogP contribution in [0.1, 0.15) is 5.69 Å². The molecule has 140 valence electrons. The van der Waals surface area contributed by atoms with Crippen LogP contribution in [-0.2, 0) is 6.54 Å². The molecule has 3 aromatic heterocycles. The summed E-state index contributed by atoms with van der Waals surface area (Å²) in [6.07, 6.45) is 1.51. The van der Waals surface area contributed by atoms with E-state index >= 15 is 0 Å². The Bertz CT molecular complexity index is 1160. The minimum Gasteiger partial charge on any atom is -0.496 e. The number of nitrogens with zero attached hydrogens (tertiary/aromatic N) is 4. The Balaban J connectivity index is 1.57. The van der Waals surface area contributed by atoms with E-state index in [2.05, 4.69) is 21.4 Å². The quantitative estimate of drug-likeness (QED) is 0.529. The van der Waals surface area contributed by atoms with Crippen molar-refractivity contribution in [3.63, 3.8) is 0 Å². The smallest absolute Gasteiger partial charge is 0.147 e. The van der Waals surface area contributed by atoms with Crippen molar-refractivity contribution in [2.24, 2.45) is 0 Å². The van der Waals surface area contributed by atoms with Crippen molar-refractivity contribution in [2.45, 2.75) is 6.54 Å². The molecule has 0 aliphatic carbocycles. The zero-order valence-electron chi connectivity index (χ0n) is 15.0. The normalized spacial score (nSPS) is 10.8. The van der Waals surface area contributed by atoms with Gasteiger partial charge in [-0.05, 0) is 29.6 Å². The summed E-state index contributed by atoms with van der Waals surface area (Å²) >= 11 is 1.61. The van der Waals surface area contributed by atoms with Crippen LogP contribution < -0.4 is 10.1 Å². The molecule has 0 aliphatic heterocycles. The SMILES string of the molecule is COc1ccc(F)c2c1cc(C#N)n2CCNc1cc(-c2cccs2)ncn1. The summed E-state index contributed by atoms with van der Waals surface area (Å²) in [5.41, 5.74) is 1.58. The van der Waals surface area contributed by atoms with Gasteiger partial charge in [0.05, 0.1) is 23.2 Å². The van der Waals surface area contributed by atoms with Crippen LogP contribution in [0, 0.1) is 17.1 Å². The summed E-state index contributed by atoms with van der Waals surface area (Å²) in [6, 6.07) is 12.5. The van der Waals surface area contributed by atoms with Crippen molar-refractivity contribution in [1.82, 2.24) is 14.5 Å². The van der Waals surface area contributed by atoms with Crippen LogP contribution in [0.4, 0.5) is 10.2 Å². The molecule has 4 aromatic rings. The third-order valence-corrected chi connectivity index (χ3v) is 5.28. The zero-order valence-corrected chi connectivity index (χ0v) is 15.8. The third kappa shape index (κ3) is 3.28. The summed E-state index contributed by atoms with van der Waals surface area (Å²) in [5, 5.41) is 15.3. The van der Waals surface area contributed by atoms with Crippen LogP contribution in [0.15, 0.2) is 48.1 Å². The number of methoxy groups -OCH3 is 1. The lowest BCUT2D eigenvalue weighted by Crippen LogP contribution is -2.13. The fourth-order valence-electron chi connectivity index (χ4n) is 3.12. The number of hydrogen-bond donors (Lipinski definition) is 1. The van der Waals surface area contributed by atoms with Crippen LogP contribution in [0.2, 0.25) is 0 Å². The molecule has 0 saturated carbocycles. The second-order valence-corrected chi connectivity index (χ2v) is 6.95. The molecule has 1 N–H and O–H groups in total. The van der Waals surface area contributed by atoms with Gasteiger partial charge in [-0.3, -0.25) is 0 Å². The summed E-state index contributed by atoms with van der Waals surface area (Å²) in [7, 11) is 1.53. The fraction of sp³-hybridized carbons (Fsp3) is 0.150. The van der Waals surface area contributed by atoms with E-state index in [1.807, 2.05) is 23.6 Å². The highest BCUT2D eigenvalue weighted by atomic mass is 32.1. The second kappa shape index (κ2) is 7.66. The summed E-state index contributed by atoms with van der Waals surface area (Å²) in [5.74, 6) is 0.821. The predicted molar refractivity (Wildman–Crippen MR) is 107 cm³/mol. The first kappa shape index (κ1) is 17.9. The number of nitrogens with one attached hydrogen (secondary N) is 1. The van der Waals surface area contributed by atoms with Gasteiger partial charge >= 0.3 is 0 Å². The molecular weight excluding hydrogens is 377 g/mol. The number of hydrogen-bond acceptors (Lipinski definition) is 6. The molecule has 1 aromatic carbocycles. The van der Waals surface area contributed by atoms with E-state index in [0.717, 1.165) is 10.6 Å². The van der Waals surface area contributed by atoms with E-state index in [1.54, 1.807) is 28.0 Å². The van der Waals surface area contributed by atoms with Crippen LogP contribution in [0.5, 0.6) is 5.75 Å². The lowest BCUT2D eigenvalue weighted by Gasteiger charge is -2.10. The number of fused-ring (bicyclic) bond motifs is 1. The van der Waals surface area contributed by atoms with Crippen molar-refractivity contribution in [3.8, 4) is 22.4 Å². The van der Waals surface area contributed by atoms with Gasteiger partial charge in [-0.2, -0.15) is 5.26 Å². The van der Waals surface area contributed by atoms with E-state index in [0.29, 0.717) is 41.3 Å². The molecule has 0 bridgehead atoms. The van der Waals surface area contributed by atoms with Gasteiger partial charge in [-0.25, -0.2) is 14.4 Å². The molecule has 3 heterocycles. The molecule has 0 radical (unpaired) electrons. The molecule has 0 unspecified atom stereocenters. The van der Waals surface area contributed by atoms with Crippen LogP contribution in [-0.4, -0.2) is 28.2 Å². The number of ether oxygens (including phenoxy) is 1. The minimum atomic E-state index is -0.390. The predicted octanol–water partition coefficient (Wildman–Crippen LogP) is 4.29. The number of rotatable bonds is 6.